The molecule has 0 atom stereocenters. The maximum absolute atomic E-state index is 8.98. The number of hydrogen-bond donors (Lipinski definition) is 2. The van der Waals surface area contributed by atoms with Crippen molar-refractivity contribution < 1.29 is 10.2 Å². The van der Waals surface area contributed by atoms with Crippen LogP contribution in [0.25, 0.3) is 0 Å². The van der Waals surface area contributed by atoms with Crippen LogP contribution in [0.15, 0.2) is 9.98 Å². The molecule has 18 heavy (non-hydrogen) atoms. The molecule has 0 saturated carbocycles. The fourth-order valence-corrected chi connectivity index (χ4v) is 2.48. The lowest BCUT2D eigenvalue weighted by Crippen LogP contribution is -2.33. The van der Waals surface area contributed by atoms with Gasteiger partial charge in [0.15, 0.2) is 0 Å². The lowest BCUT2D eigenvalue weighted by molar-refractivity contribution is 0.253. The average Bonchev–Trinajstić information content (AvgIpc) is 2.97. The van der Waals surface area contributed by atoms with Crippen molar-refractivity contribution in [3.05, 3.63) is 0 Å². The summed E-state index contributed by atoms with van der Waals surface area (Å²) in [6.45, 7) is 5.21. The molecule has 0 aliphatic carbocycles. The number of rotatable bonds is 7. The molecule has 0 aromatic carbocycles. The van der Waals surface area contributed by atoms with E-state index in [-0.39, 0.29) is 13.2 Å². The van der Waals surface area contributed by atoms with Crippen molar-refractivity contribution in [3.8, 4) is 0 Å². The highest BCUT2D eigenvalue weighted by atomic mass is 16.3. The molecule has 0 spiro atoms. The lowest BCUT2D eigenvalue weighted by atomic mass is 10.2. The molecule has 0 fully saturated rings. The highest BCUT2D eigenvalue weighted by Gasteiger charge is 2.20. The van der Waals surface area contributed by atoms with Crippen molar-refractivity contribution in [1.82, 2.24) is 9.80 Å². The van der Waals surface area contributed by atoms with E-state index in [1.165, 1.54) is 0 Å². The predicted molar refractivity (Wildman–Crippen MR) is 71.2 cm³/mol. The van der Waals surface area contributed by atoms with Crippen LogP contribution in [0.1, 0.15) is 12.8 Å². The van der Waals surface area contributed by atoms with Gasteiger partial charge in [-0.2, -0.15) is 0 Å². The first-order valence-electron chi connectivity index (χ1n) is 6.63. The summed E-state index contributed by atoms with van der Waals surface area (Å²) in [5.41, 5.74) is 0. The van der Waals surface area contributed by atoms with E-state index < -0.39 is 0 Å². The molecule has 0 saturated heterocycles. The predicted octanol–water partition coefficient (Wildman–Crippen LogP) is -0.821. The molecular weight excluding hydrogens is 232 g/mol. The quantitative estimate of drug-likeness (QED) is 0.623. The van der Waals surface area contributed by atoms with Crippen molar-refractivity contribution >= 4 is 11.7 Å². The molecule has 2 heterocycles. The van der Waals surface area contributed by atoms with Gasteiger partial charge >= 0.3 is 0 Å². The Labute approximate surface area is 108 Å². The monoisotopic (exact) mass is 254 g/mol. The second kappa shape index (κ2) is 6.70. The zero-order valence-electron chi connectivity index (χ0n) is 10.8. The number of aliphatic imine (C=N–C) groups is 2. The number of amidine groups is 2. The first kappa shape index (κ1) is 13.3. The van der Waals surface area contributed by atoms with Crippen LogP contribution in [0.4, 0.5) is 0 Å². The van der Waals surface area contributed by atoms with Gasteiger partial charge < -0.3 is 20.0 Å². The van der Waals surface area contributed by atoms with E-state index in [0.717, 1.165) is 50.7 Å². The van der Waals surface area contributed by atoms with Crippen molar-refractivity contribution in [3.63, 3.8) is 0 Å². The Morgan fingerprint density at radius 2 is 1.28 bits per heavy atom. The summed E-state index contributed by atoms with van der Waals surface area (Å²) >= 11 is 0. The van der Waals surface area contributed by atoms with Crippen LogP contribution in [-0.4, -0.2) is 84.2 Å². The van der Waals surface area contributed by atoms with Crippen LogP contribution >= 0.6 is 0 Å². The van der Waals surface area contributed by atoms with Gasteiger partial charge in [-0.25, -0.2) is 0 Å². The van der Waals surface area contributed by atoms with E-state index in [4.69, 9.17) is 10.2 Å². The van der Waals surface area contributed by atoms with Gasteiger partial charge in [0.05, 0.1) is 38.0 Å². The standard InChI is InChI=1S/C12H22N4O2/c17-9-7-15-5-3-13-11(15)1-2-12-14-4-6-16(12)8-10-18/h17-18H,1-10H2. The zero-order chi connectivity index (χ0) is 12.8. The van der Waals surface area contributed by atoms with Gasteiger partial charge in [0, 0.05) is 39.0 Å². The van der Waals surface area contributed by atoms with Crippen molar-refractivity contribution in [2.24, 2.45) is 9.98 Å². The highest BCUT2D eigenvalue weighted by Crippen LogP contribution is 2.11. The molecule has 2 N–H and O–H groups in total. The molecule has 0 unspecified atom stereocenters. The summed E-state index contributed by atoms with van der Waals surface area (Å²) in [5, 5.41) is 18.0. The fraction of sp³-hybridized carbons (Fsp3) is 0.833. The van der Waals surface area contributed by atoms with Crippen LogP contribution in [0.2, 0.25) is 0 Å². The van der Waals surface area contributed by atoms with E-state index >= 15 is 0 Å². The first-order chi connectivity index (χ1) is 8.85. The number of β-amino-alcohol motifs (C(OH)–C–C–N with tert-alkyl or cyclic N) is 2. The molecule has 0 aromatic rings. The summed E-state index contributed by atoms with van der Waals surface area (Å²) in [6.07, 6.45) is 1.75. The van der Waals surface area contributed by atoms with Gasteiger partial charge in [-0.05, 0) is 0 Å². The number of aliphatic hydroxyl groups excluding tert-OH is 2. The molecule has 6 heteroatoms. The Balaban J connectivity index is 1.80. The van der Waals surface area contributed by atoms with Crippen molar-refractivity contribution in [1.29, 1.82) is 0 Å². The third kappa shape index (κ3) is 3.20. The molecule has 2 aliphatic heterocycles. The second-order valence-electron chi connectivity index (χ2n) is 4.52. The van der Waals surface area contributed by atoms with Crippen molar-refractivity contribution in [2.45, 2.75) is 12.8 Å². The molecule has 2 rings (SSSR count). The Morgan fingerprint density at radius 3 is 1.67 bits per heavy atom. The van der Waals surface area contributed by atoms with E-state index in [1.54, 1.807) is 0 Å². The number of nitrogens with zero attached hydrogens (tertiary/aromatic N) is 4. The minimum absolute atomic E-state index is 0.177. The van der Waals surface area contributed by atoms with Crippen LogP contribution in [0.3, 0.4) is 0 Å². The van der Waals surface area contributed by atoms with Gasteiger partial charge in [-0.1, -0.05) is 0 Å². The van der Waals surface area contributed by atoms with Gasteiger partial charge in [-0.15, -0.1) is 0 Å². The van der Waals surface area contributed by atoms with Crippen LogP contribution in [0.5, 0.6) is 0 Å². The van der Waals surface area contributed by atoms with Crippen LogP contribution < -0.4 is 0 Å². The molecular formula is C12H22N4O2. The van der Waals surface area contributed by atoms with E-state index in [9.17, 15) is 0 Å². The normalized spacial score (nSPS) is 19.4. The maximum atomic E-state index is 8.98. The summed E-state index contributed by atoms with van der Waals surface area (Å²) < 4.78 is 0. The molecule has 6 nitrogen and oxygen atoms in total. The van der Waals surface area contributed by atoms with Crippen molar-refractivity contribution in [2.75, 3.05) is 52.5 Å². The fourth-order valence-electron chi connectivity index (χ4n) is 2.48. The Morgan fingerprint density at radius 1 is 0.833 bits per heavy atom. The summed E-state index contributed by atoms with van der Waals surface area (Å²) in [7, 11) is 0. The second-order valence-corrected chi connectivity index (χ2v) is 4.52. The Kier molecular flexibility index (Phi) is 4.95. The summed E-state index contributed by atoms with van der Waals surface area (Å²) in [4.78, 5) is 13.2. The van der Waals surface area contributed by atoms with E-state index in [1.807, 2.05) is 0 Å². The summed E-state index contributed by atoms with van der Waals surface area (Å²) in [5.74, 6) is 2.17. The maximum Gasteiger partial charge on any atom is 0.0995 e. The third-order valence-electron chi connectivity index (χ3n) is 3.37. The van der Waals surface area contributed by atoms with E-state index in [2.05, 4.69) is 19.8 Å². The average molecular weight is 254 g/mol. The molecule has 2 aliphatic rings. The molecule has 102 valence electrons. The first-order valence-corrected chi connectivity index (χ1v) is 6.63. The zero-order valence-corrected chi connectivity index (χ0v) is 10.8. The topological polar surface area (TPSA) is 71.7 Å². The lowest BCUT2D eigenvalue weighted by Gasteiger charge is -2.22. The van der Waals surface area contributed by atoms with E-state index in [0.29, 0.717) is 13.1 Å². The number of aliphatic hydroxyl groups is 2. The van der Waals surface area contributed by atoms with Crippen LogP contribution in [-0.2, 0) is 0 Å². The summed E-state index contributed by atoms with van der Waals surface area (Å²) in [6, 6.07) is 0. The van der Waals surface area contributed by atoms with Gasteiger partial charge in [0.25, 0.3) is 0 Å². The molecule has 0 aromatic heterocycles. The van der Waals surface area contributed by atoms with Gasteiger partial charge in [-0.3, -0.25) is 9.98 Å². The Hall–Kier alpha value is -1.14. The third-order valence-corrected chi connectivity index (χ3v) is 3.37. The van der Waals surface area contributed by atoms with Crippen LogP contribution in [0, 0.1) is 0 Å². The molecule has 0 radical (unpaired) electrons. The molecule has 0 amide bonds. The Bertz CT molecular complexity index is 298. The highest BCUT2D eigenvalue weighted by molar-refractivity contribution is 5.90. The molecule has 0 bridgehead atoms. The largest absolute Gasteiger partial charge is 0.395 e. The SMILES string of the molecule is OCCN1CCN=C1CCC1=NCCN1CCO. The number of hydrogen-bond acceptors (Lipinski definition) is 6. The minimum Gasteiger partial charge on any atom is -0.395 e. The smallest absolute Gasteiger partial charge is 0.0995 e. The van der Waals surface area contributed by atoms with Gasteiger partial charge in [0.1, 0.15) is 0 Å². The van der Waals surface area contributed by atoms with Gasteiger partial charge in [0.2, 0.25) is 0 Å². The minimum atomic E-state index is 0.177.